The third-order valence-corrected chi connectivity index (χ3v) is 2.25. The Kier molecular flexibility index (Phi) is 4.96. The molecule has 1 rings (SSSR count). The maximum absolute atomic E-state index is 9.76. The highest BCUT2D eigenvalue weighted by atomic mass is 16.5. The van der Waals surface area contributed by atoms with Crippen LogP contribution in [0.1, 0.15) is 25.2 Å². The van der Waals surface area contributed by atoms with Gasteiger partial charge in [-0.25, -0.2) is 0 Å². The van der Waals surface area contributed by atoms with Gasteiger partial charge in [0, 0.05) is 12.3 Å². The fourth-order valence-electron chi connectivity index (χ4n) is 1.55. The van der Waals surface area contributed by atoms with E-state index in [4.69, 9.17) is 4.74 Å². The normalized spacial score (nSPS) is 13.4. The number of hydrogen-bond acceptors (Lipinski definition) is 3. The highest BCUT2D eigenvalue weighted by molar-refractivity contribution is 5.06. The molecule has 1 unspecified atom stereocenters. The molecule has 0 bridgehead atoms. The summed E-state index contributed by atoms with van der Waals surface area (Å²) in [5.74, 6) is 0.501. The molecule has 0 spiro atoms. The van der Waals surface area contributed by atoms with Crippen LogP contribution in [-0.4, -0.2) is 34.2 Å². The molecule has 92 valence electrons. The largest absolute Gasteiger partial charge is 0.389 e. The summed E-state index contributed by atoms with van der Waals surface area (Å²) < 4.78 is 7.20. The van der Waals surface area contributed by atoms with Crippen LogP contribution in [0.3, 0.4) is 0 Å². The van der Waals surface area contributed by atoms with Gasteiger partial charge in [0.15, 0.2) is 0 Å². The Balaban J connectivity index is 2.34. The van der Waals surface area contributed by atoms with E-state index in [1.165, 1.54) is 0 Å². The predicted molar refractivity (Wildman–Crippen MR) is 63.4 cm³/mol. The van der Waals surface area contributed by atoms with Gasteiger partial charge in [0.2, 0.25) is 0 Å². The molecule has 0 radical (unpaired) electrons. The first-order valence-corrected chi connectivity index (χ1v) is 5.76. The summed E-state index contributed by atoms with van der Waals surface area (Å²) in [6.45, 7) is 9.68. The number of aryl methyl sites for hydroxylation is 2. The van der Waals surface area contributed by atoms with Gasteiger partial charge in [0.25, 0.3) is 0 Å². The van der Waals surface area contributed by atoms with Crippen molar-refractivity contribution in [3.8, 4) is 0 Å². The Labute approximate surface area is 97.2 Å². The summed E-state index contributed by atoms with van der Waals surface area (Å²) >= 11 is 0. The van der Waals surface area contributed by atoms with Crippen molar-refractivity contribution < 1.29 is 9.84 Å². The van der Waals surface area contributed by atoms with Crippen LogP contribution in [-0.2, 0) is 11.3 Å². The lowest BCUT2D eigenvalue weighted by molar-refractivity contribution is 0.0162. The Morgan fingerprint density at radius 3 is 2.56 bits per heavy atom. The van der Waals surface area contributed by atoms with E-state index in [0.717, 1.165) is 11.4 Å². The molecule has 4 nitrogen and oxygen atoms in total. The zero-order valence-corrected chi connectivity index (χ0v) is 10.6. The van der Waals surface area contributed by atoms with Crippen LogP contribution in [0.15, 0.2) is 6.07 Å². The highest BCUT2D eigenvalue weighted by Crippen LogP contribution is 2.03. The van der Waals surface area contributed by atoms with E-state index in [0.29, 0.717) is 25.7 Å². The maximum Gasteiger partial charge on any atom is 0.0969 e. The van der Waals surface area contributed by atoms with E-state index in [9.17, 15) is 5.11 Å². The molecule has 0 saturated carbocycles. The number of hydrogen-bond donors (Lipinski definition) is 1. The van der Waals surface area contributed by atoms with Gasteiger partial charge in [-0.1, -0.05) is 13.8 Å². The van der Waals surface area contributed by atoms with Crippen LogP contribution in [0.5, 0.6) is 0 Å². The van der Waals surface area contributed by atoms with Crippen molar-refractivity contribution in [3.05, 3.63) is 17.5 Å². The quantitative estimate of drug-likeness (QED) is 0.800. The van der Waals surface area contributed by atoms with Gasteiger partial charge >= 0.3 is 0 Å². The lowest BCUT2D eigenvalue weighted by Gasteiger charge is -2.13. The van der Waals surface area contributed by atoms with Crippen LogP contribution in [0.2, 0.25) is 0 Å². The molecular formula is C12H22N2O2. The molecule has 0 amide bonds. The minimum absolute atomic E-state index is 0.372. The first kappa shape index (κ1) is 13.2. The second-order valence-corrected chi connectivity index (χ2v) is 4.69. The molecular weight excluding hydrogens is 204 g/mol. The third-order valence-electron chi connectivity index (χ3n) is 2.25. The summed E-state index contributed by atoms with van der Waals surface area (Å²) in [7, 11) is 0. The Hall–Kier alpha value is -0.870. The van der Waals surface area contributed by atoms with E-state index in [2.05, 4.69) is 18.9 Å². The van der Waals surface area contributed by atoms with Crippen molar-refractivity contribution >= 4 is 0 Å². The number of nitrogens with zero attached hydrogens (tertiary/aromatic N) is 2. The third kappa shape index (κ3) is 4.33. The van der Waals surface area contributed by atoms with Crippen LogP contribution in [0.25, 0.3) is 0 Å². The van der Waals surface area contributed by atoms with Crippen LogP contribution < -0.4 is 0 Å². The molecule has 1 atom stereocenters. The van der Waals surface area contributed by atoms with E-state index < -0.39 is 6.10 Å². The number of ether oxygens (including phenoxy) is 1. The molecule has 1 aromatic rings. The van der Waals surface area contributed by atoms with Crippen molar-refractivity contribution in [1.82, 2.24) is 9.78 Å². The van der Waals surface area contributed by atoms with Gasteiger partial charge in [-0.2, -0.15) is 5.10 Å². The Morgan fingerprint density at radius 2 is 2.06 bits per heavy atom. The zero-order valence-electron chi connectivity index (χ0n) is 10.6. The van der Waals surface area contributed by atoms with Crippen molar-refractivity contribution in [3.63, 3.8) is 0 Å². The minimum Gasteiger partial charge on any atom is -0.389 e. The SMILES string of the molecule is Cc1cc(C)n(CC(O)COCC(C)C)n1. The average Bonchev–Trinajstić information content (AvgIpc) is 2.44. The molecule has 4 heteroatoms. The molecule has 0 aliphatic carbocycles. The lowest BCUT2D eigenvalue weighted by Crippen LogP contribution is -2.24. The first-order chi connectivity index (χ1) is 7.49. The van der Waals surface area contributed by atoms with Crippen LogP contribution >= 0.6 is 0 Å². The van der Waals surface area contributed by atoms with Crippen LogP contribution in [0, 0.1) is 19.8 Å². The molecule has 0 aliphatic rings. The smallest absolute Gasteiger partial charge is 0.0969 e. The first-order valence-electron chi connectivity index (χ1n) is 5.76. The van der Waals surface area contributed by atoms with Crippen molar-refractivity contribution in [2.45, 2.75) is 40.3 Å². The molecule has 1 aromatic heterocycles. The van der Waals surface area contributed by atoms with Gasteiger partial charge in [-0.05, 0) is 25.8 Å². The summed E-state index contributed by atoms with van der Waals surface area (Å²) in [6, 6.07) is 2.00. The van der Waals surface area contributed by atoms with Crippen molar-refractivity contribution in [1.29, 1.82) is 0 Å². The number of rotatable bonds is 6. The van der Waals surface area contributed by atoms with Crippen LogP contribution in [0.4, 0.5) is 0 Å². The maximum atomic E-state index is 9.76. The molecule has 0 saturated heterocycles. The molecule has 0 fully saturated rings. The fourth-order valence-corrected chi connectivity index (χ4v) is 1.55. The van der Waals surface area contributed by atoms with Gasteiger partial charge in [0.1, 0.15) is 0 Å². The molecule has 16 heavy (non-hydrogen) atoms. The second kappa shape index (κ2) is 6.01. The van der Waals surface area contributed by atoms with E-state index in [-0.39, 0.29) is 0 Å². The van der Waals surface area contributed by atoms with Gasteiger partial charge in [-0.15, -0.1) is 0 Å². The predicted octanol–water partition coefficient (Wildman–Crippen LogP) is 1.53. The van der Waals surface area contributed by atoms with Crippen molar-refractivity contribution in [2.75, 3.05) is 13.2 Å². The summed E-state index contributed by atoms with van der Waals surface area (Å²) in [4.78, 5) is 0. The standard InChI is InChI=1S/C12H22N2O2/c1-9(2)7-16-8-12(15)6-14-11(4)5-10(3)13-14/h5,9,12,15H,6-8H2,1-4H3. The highest BCUT2D eigenvalue weighted by Gasteiger charge is 2.09. The van der Waals surface area contributed by atoms with Gasteiger partial charge < -0.3 is 9.84 Å². The Morgan fingerprint density at radius 1 is 1.38 bits per heavy atom. The Bertz CT molecular complexity index is 321. The van der Waals surface area contributed by atoms with E-state index in [1.54, 1.807) is 0 Å². The lowest BCUT2D eigenvalue weighted by atomic mass is 10.2. The van der Waals surface area contributed by atoms with E-state index in [1.807, 2.05) is 24.6 Å². The number of aromatic nitrogens is 2. The van der Waals surface area contributed by atoms with Gasteiger partial charge in [0.05, 0.1) is 24.9 Å². The zero-order chi connectivity index (χ0) is 12.1. The molecule has 1 heterocycles. The van der Waals surface area contributed by atoms with E-state index >= 15 is 0 Å². The minimum atomic E-state index is -0.489. The summed E-state index contributed by atoms with van der Waals surface area (Å²) in [6.07, 6.45) is -0.489. The van der Waals surface area contributed by atoms with Gasteiger partial charge in [-0.3, -0.25) is 4.68 Å². The molecule has 0 aromatic carbocycles. The summed E-state index contributed by atoms with van der Waals surface area (Å²) in [5.41, 5.74) is 2.05. The summed E-state index contributed by atoms with van der Waals surface area (Å²) in [5, 5.41) is 14.1. The van der Waals surface area contributed by atoms with Crippen molar-refractivity contribution in [2.24, 2.45) is 5.92 Å². The topological polar surface area (TPSA) is 47.3 Å². The second-order valence-electron chi connectivity index (χ2n) is 4.69. The number of aliphatic hydroxyl groups is 1. The fraction of sp³-hybridized carbons (Fsp3) is 0.750. The number of aliphatic hydroxyl groups excluding tert-OH is 1. The molecule has 1 N–H and O–H groups in total. The average molecular weight is 226 g/mol. The monoisotopic (exact) mass is 226 g/mol. The molecule has 0 aliphatic heterocycles.